The first kappa shape index (κ1) is 63.7. The van der Waals surface area contributed by atoms with Gasteiger partial charge in [-0.25, -0.2) is 17.6 Å². The van der Waals surface area contributed by atoms with Gasteiger partial charge in [-0.2, -0.15) is 0 Å². The van der Waals surface area contributed by atoms with Crippen molar-refractivity contribution in [2.75, 3.05) is 9.80 Å². The quantitative estimate of drug-likeness (QED) is 0.0902. The highest BCUT2D eigenvalue weighted by molar-refractivity contribution is 6.14. The molecule has 14 aromatic carbocycles. The van der Waals surface area contributed by atoms with Crippen LogP contribution >= 0.6 is 0 Å². The predicted molar refractivity (Wildman–Crippen MR) is 410 cm³/mol. The molecule has 17 rings (SSSR count). The minimum absolute atomic E-state index is 0.332. The van der Waals surface area contributed by atoms with Crippen molar-refractivity contribution < 1.29 is 31.5 Å². The molecule has 0 aliphatic heterocycles. The molecular formula is C94H66F4N2O3. The molecule has 2 unspecified atom stereocenters. The highest BCUT2D eigenvalue weighted by atomic mass is 19.2. The van der Waals surface area contributed by atoms with Crippen LogP contribution in [0.5, 0.6) is 23.0 Å². The maximum atomic E-state index is 16.3. The number of ether oxygens (including phenoxy) is 2. The van der Waals surface area contributed by atoms with Crippen molar-refractivity contribution in [2.45, 2.75) is 38.5 Å². The lowest BCUT2D eigenvalue weighted by molar-refractivity contribution is 0.482. The molecule has 0 spiro atoms. The van der Waals surface area contributed by atoms with Gasteiger partial charge in [0, 0.05) is 45.7 Å². The molecule has 0 saturated carbocycles. The first-order chi connectivity index (χ1) is 50.2. The van der Waals surface area contributed by atoms with Crippen LogP contribution in [0.4, 0.5) is 51.7 Å². The number of nitrogens with zero attached hydrogens (tertiary/aromatic N) is 2. The summed E-state index contributed by atoms with van der Waals surface area (Å²) < 4.78 is 83.9. The molecule has 0 saturated heterocycles. The Morgan fingerprint density at radius 2 is 0.680 bits per heavy atom. The van der Waals surface area contributed by atoms with Crippen LogP contribution in [0, 0.1) is 51.0 Å². The van der Waals surface area contributed by atoms with E-state index >= 15 is 17.6 Å². The van der Waals surface area contributed by atoms with E-state index in [1.54, 1.807) is 24.3 Å². The summed E-state index contributed by atoms with van der Waals surface area (Å²) in [5, 5.41) is 1.42. The summed E-state index contributed by atoms with van der Waals surface area (Å²) >= 11 is 0. The maximum absolute atomic E-state index is 16.3. The van der Waals surface area contributed by atoms with Gasteiger partial charge in [0.25, 0.3) is 0 Å². The van der Waals surface area contributed by atoms with Crippen LogP contribution in [0.15, 0.2) is 309 Å². The second-order valence-corrected chi connectivity index (χ2v) is 26.8. The average molecular weight is 1350 g/mol. The number of hydrogen-bond donors (Lipinski definition) is 0. The van der Waals surface area contributed by atoms with Gasteiger partial charge in [-0.05, 0) is 226 Å². The van der Waals surface area contributed by atoms with Crippen LogP contribution < -0.4 is 19.3 Å². The smallest absolute Gasteiger partial charge is 0.160 e. The summed E-state index contributed by atoms with van der Waals surface area (Å²) in [4.78, 5) is 3.85. The third-order valence-corrected chi connectivity index (χ3v) is 20.7. The molecule has 103 heavy (non-hydrogen) atoms. The van der Waals surface area contributed by atoms with Crippen LogP contribution in [0.25, 0.3) is 56.3 Å². The van der Waals surface area contributed by atoms with Gasteiger partial charge in [0.15, 0.2) is 34.4 Å². The third kappa shape index (κ3) is 10.4. The van der Waals surface area contributed by atoms with E-state index in [1.165, 1.54) is 12.1 Å². The molecule has 5 nitrogen and oxygen atoms in total. The zero-order chi connectivity index (χ0) is 70.4. The minimum atomic E-state index is -1.03. The summed E-state index contributed by atoms with van der Waals surface area (Å²) in [6, 6.07) is 94.6. The van der Waals surface area contributed by atoms with Gasteiger partial charge in [-0.3, -0.25) is 0 Å². The molecular weight excluding hydrogens is 1280 g/mol. The highest BCUT2D eigenvalue weighted by Gasteiger charge is 2.49. The van der Waals surface area contributed by atoms with E-state index in [1.807, 2.05) is 131 Å². The largest absolute Gasteiger partial charge is 0.457 e. The van der Waals surface area contributed by atoms with Crippen LogP contribution in [0.2, 0.25) is 0 Å². The highest BCUT2D eigenvalue weighted by Crippen LogP contribution is 2.61. The Morgan fingerprint density at radius 3 is 1.07 bits per heavy atom. The number of para-hydroxylation sites is 2. The number of fused-ring (bicyclic) bond motifs is 9. The van der Waals surface area contributed by atoms with Crippen molar-refractivity contribution in [3.05, 3.63) is 406 Å². The average Bonchev–Trinajstić information content (AvgIpc) is 1.56. The van der Waals surface area contributed by atoms with Crippen molar-refractivity contribution in [1.29, 1.82) is 0 Å². The molecule has 0 radical (unpaired) electrons. The Balaban J connectivity index is 0.856. The summed E-state index contributed by atoms with van der Waals surface area (Å²) in [7, 11) is 0. The zero-order valence-corrected chi connectivity index (χ0v) is 56.9. The number of furan rings is 1. The summed E-state index contributed by atoms with van der Waals surface area (Å²) in [6.07, 6.45) is 3.60. The van der Waals surface area contributed by atoms with Crippen molar-refractivity contribution in [1.82, 2.24) is 0 Å². The summed E-state index contributed by atoms with van der Waals surface area (Å²) in [5.74, 6) is -1.35. The first-order valence-corrected chi connectivity index (χ1v) is 34.3. The molecule has 2 aliphatic carbocycles. The minimum Gasteiger partial charge on any atom is -0.457 e. The molecule has 0 N–H and O–H groups in total. The van der Waals surface area contributed by atoms with Gasteiger partial charge in [0.1, 0.15) is 23.0 Å². The van der Waals surface area contributed by atoms with Crippen LogP contribution in [-0.2, 0) is 10.8 Å². The normalized spacial score (nSPS) is 14.8. The van der Waals surface area contributed by atoms with Crippen molar-refractivity contribution in [3.63, 3.8) is 0 Å². The second kappa shape index (κ2) is 25.2. The zero-order valence-electron chi connectivity index (χ0n) is 56.9. The molecule has 498 valence electrons. The Kier molecular flexibility index (Phi) is 15.6. The monoisotopic (exact) mass is 1350 g/mol. The standard InChI is InChI=1S/C94H66F4N2O3/c1-7-61-27-39-69(40-28-61)101-71-43-31-63(32-44-71)93(81-51-57(3)23-25-59(81)5)79-19-11-9-15-73(79)75-47-35-65(53-83(75)93)99(67-37-49-85(95)87(97)55-67)89-21-13-17-77-78-18-14-22-90(92(78)103-91(77)89)100(68-38-50-86(96)88(98)56-68)66-36-48-76-74-16-10-12-20-80(74)94(84(76)54-66,82-52-58(4)24-26-60(82)6)64-33-45-72(46-34-64)102-70-41-29-62(8-2)30-42-70/h7-56H,1-2H2,3-6H3. The van der Waals surface area contributed by atoms with E-state index in [0.717, 1.165) is 112 Å². The number of benzene rings is 14. The molecule has 0 fully saturated rings. The fourth-order valence-electron chi connectivity index (χ4n) is 16.0. The lowest BCUT2D eigenvalue weighted by Gasteiger charge is -2.36. The number of halogens is 4. The Labute approximate surface area is 595 Å². The van der Waals surface area contributed by atoms with Gasteiger partial charge in [0.2, 0.25) is 0 Å². The molecule has 0 amide bonds. The second-order valence-electron chi connectivity index (χ2n) is 26.8. The van der Waals surface area contributed by atoms with Crippen molar-refractivity contribution in [2.24, 2.45) is 0 Å². The molecule has 2 aliphatic rings. The molecule has 1 heterocycles. The van der Waals surface area contributed by atoms with Crippen molar-refractivity contribution in [3.8, 4) is 45.3 Å². The Bertz CT molecular complexity index is 5560. The lowest BCUT2D eigenvalue weighted by atomic mass is 9.66. The third-order valence-electron chi connectivity index (χ3n) is 20.7. The van der Waals surface area contributed by atoms with E-state index in [4.69, 9.17) is 13.9 Å². The summed E-state index contributed by atoms with van der Waals surface area (Å²) in [5.41, 5.74) is 20.7. The van der Waals surface area contributed by atoms with E-state index in [2.05, 4.69) is 174 Å². The fourth-order valence-corrected chi connectivity index (χ4v) is 16.0. The molecule has 9 heteroatoms. The number of aryl methyl sites for hydroxylation is 4. The predicted octanol–water partition coefficient (Wildman–Crippen LogP) is 25.9. The Morgan fingerprint density at radius 1 is 0.320 bits per heavy atom. The molecule has 15 aromatic rings. The van der Waals surface area contributed by atoms with Gasteiger partial charge in [0.05, 0.1) is 22.2 Å². The van der Waals surface area contributed by atoms with E-state index in [-0.39, 0.29) is 0 Å². The first-order valence-electron chi connectivity index (χ1n) is 34.3. The molecule has 0 bridgehead atoms. The van der Waals surface area contributed by atoms with Gasteiger partial charge in [-0.15, -0.1) is 0 Å². The topological polar surface area (TPSA) is 38.1 Å². The maximum Gasteiger partial charge on any atom is 0.160 e. The van der Waals surface area contributed by atoms with Crippen molar-refractivity contribution >= 4 is 68.2 Å². The van der Waals surface area contributed by atoms with Crippen LogP contribution in [0.3, 0.4) is 0 Å². The van der Waals surface area contributed by atoms with Gasteiger partial charge >= 0.3 is 0 Å². The fraction of sp³-hybridized carbons (Fsp3) is 0.0638. The Hall–Kier alpha value is -12.7. The molecule has 1 aromatic heterocycles. The summed E-state index contributed by atoms with van der Waals surface area (Å²) in [6.45, 7) is 16.3. The number of hydrogen-bond acceptors (Lipinski definition) is 5. The van der Waals surface area contributed by atoms with E-state index < -0.39 is 34.1 Å². The van der Waals surface area contributed by atoms with Gasteiger partial charge < -0.3 is 23.7 Å². The number of rotatable bonds is 16. The van der Waals surface area contributed by atoms with E-state index in [0.29, 0.717) is 79.1 Å². The van der Waals surface area contributed by atoms with Gasteiger partial charge in [-0.1, -0.05) is 206 Å². The number of anilines is 6. The van der Waals surface area contributed by atoms with E-state index in [9.17, 15) is 0 Å². The molecule has 2 atom stereocenters. The van der Waals surface area contributed by atoms with Crippen LogP contribution in [0.1, 0.15) is 77.9 Å². The lowest BCUT2D eigenvalue weighted by Crippen LogP contribution is -2.30. The van der Waals surface area contributed by atoms with Crippen LogP contribution in [-0.4, -0.2) is 0 Å². The SMILES string of the molecule is C=Cc1ccc(Oc2ccc(C3(c4cc(C)ccc4C)c4ccccc4-c4ccc(N(c5ccc(F)c(F)c5)c5cccc6c5oc5c(N(c7ccc(F)c(F)c7)c7ccc8c(c7)C(c7ccc(Oc9ccc(C=C)cc9)cc7)(c7cc(C)ccc7C)c7ccccc7-8)cccc56)cc43)cc2)cc1.